The Morgan fingerprint density at radius 3 is 2.46 bits per heavy atom. The molecule has 2 aromatic carbocycles. The largest absolute Gasteiger partial charge is 0.486 e. The van der Waals surface area contributed by atoms with Gasteiger partial charge < -0.3 is 4.74 Å². The van der Waals surface area contributed by atoms with Crippen LogP contribution in [0.15, 0.2) is 30.4 Å². The summed E-state index contributed by atoms with van der Waals surface area (Å²) in [5.74, 6) is -0.667. The van der Waals surface area contributed by atoms with Gasteiger partial charge in [-0.1, -0.05) is 70.1 Å². The molecular weight excluding hydrogens is 445 g/mol. The second kappa shape index (κ2) is 12.3. The van der Waals surface area contributed by atoms with Crippen LogP contribution in [0.4, 0.5) is 13.2 Å². The first-order valence-corrected chi connectivity index (χ1v) is 13.9. The molecule has 4 atom stereocenters. The van der Waals surface area contributed by atoms with Gasteiger partial charge in [-0.25, -0.2) is 13.2 Å². The Labute approximate surface area is 209 Å². The highest BCUT2D eigenvalue weighted by atomic mass is 19.2. The summed E-state index contributed by atoms with van der Waals surface area (Å²) in [7, 11) is 0. The smallest absolute Gasteiger partial charge is 0.175 e. The fourth-order valence-electron chi connectivity index (χ4n) is 6.59. The number of rotatable bonds is 10. The number of allylic oxidation sites excluding steroid dienone is 1. The Balaban J connectivity index is 1.42. The van der Waals surface area contributed by atoms with E-state index in [9.17, 15) is 4.39 Å². The molecule has 2 aliphatic carbocycles. The van der Waals surface area contributed by atoms with Crippen LogP contribution in [-0.4, -0.2) is 6.61 Å². The molecular formula is C31H41F3O. The lowest BCUT2D eigenvalue weighted by Crippen LogP contribution is -2.30. The van der Waals surface area contributed by atoms with Crippen LogP contribution in [0.25, 0.3) is 10.8 Å². The van der Waals surface area contributed by atoms with Crippen molar-refractivity contribution in [3.05, 3.63) is 53.4 Å². The first-order valence-electron chi connectivity index (χ1n) is 13.9. The molecule has 192 valence electrons. The minimum Gasteiger partial charge on any atom is -0.486 e. The maximum Gasteiger partial charge on any atom is 0.175 e. The lowest BCUT2D eigenvalue weighted by Gasteiger charge is -2.42. The lowest BCUT2D eigenvalue weighted by atomic mass is 9.63. The Morgan fingerprint density at radius 1 is 0.886 bits per heavy atom. The SMILES string of the molecule is C/C=C/COc1ccc2cc(C3CCC4CC(CCCCCCC)CCC4C3)c(F)c(F)c2c1F. The van der Waals surface area contributed by atoms with E-state index in [4.69, 9.17) is 4.74 Å². The molecule has 2 fully saturated rings. The van der Waals surface area contributed by atoms with Gasteiger partial charge in [0.25, 0.3) is 0 Å². The summed E-state index contributed by atoms with van der Waals surface area (Å²) in [6.45, 7) is 4.28. The Bertz CT molecular complexity index is 1010. The van der Waals surface area contributed by atoms with Crippen LogP contribution in [0.1, 0.15) is 102 Å². The highest BCUT2D eigenvalue weighted by molar-refractivity contribution is 5.86. The van der Waals surface area contributed by atoms with Crippen molar-refractivity contribution in [3.63, 3.8) is 0 Å². The van der Waals surface area contributed by atoms with Gasteiger partial charge >= 0.3 is 0 Å². The average Bonchev–Trinajstić information content (AvgIpc) is 2.87. The summed E-state index contributed by atoms with van der Waals surface area (Å²) >= 11 is 0. The minimum atomic E-state index is -1.08. The number of fused-ring (bicyclic) bond motifs is 2. The molecule has 0 saturated heterocycles. The molecule has 4 heteroatoms. The van der Waals surface area contributed by atoms with Crippen molar-refractivity contribution in [3.8, 4) is 5.75 Å². The summed E-state index contributed by atoms with van der Waals surface area (Å²) < 4.78 is 50.7. The molecule has 0 heterocycles. The van der Waals surface area contributed by atoms with Crippen molar-refractivity contribution in [2.75, 3.05) is 6.61 Å². The third kappa shape index (κ3) is 6.06. The van der Waals surface area contributed by atoms with E-state index in [1.807, 2.05) is 6.92 Å². The van der Waals surface area contributed by atoms with Crippen LogP contribution in [0, 0.1) is 35.2 Å². The number of halogens is 3. The van der Waals surface area contributed by atoms with Crippen molar-refractivity contribution < 1.29 is 17.9 Å². The van der Waals surface area contributed by atoms with Gasteiger partial charge in [0.2, 0.25) is 0 Å². The van der Waals surface area contributed by atoms with Gasteiger partial charge in [-0.3, -0.25) is 0 Å². The molecule has 0 N–H and O–H groups in total. The maximum absolute atomic E-state index is 15.3. The van der Waals surface area contributed by atoms with Crippen LogP contribution in [0.5, 0.6) is 5.75 Å². The zero-order valence-corrected chi connectivity index (χ0v) is 21.4. The lowest BCUT2D eigenvalue weighted by molar-refractivity contribution is 0.112. The molecule has 0 spiro atoms. The second-order valence-electron chi connectivity index (χ2n) is 10.9. The van der Waals surface area contributed by atoms with E-state index in [-0.39, 0.29) is 23.7 Å². The van der Waals surface area contributed by atoms with Crippen LogP contribution in [-0.2, 0) is 0 Å². The van der Waals surface area contributed by atoms with Gasteiger partial charge in [0.05, 0.1) is 5.39 Å². The summed E-state index contributed by atoms with van der Waals surface area (Å²) in [6.07, 6.45) is 18.3. The van der Waals surface area contributed by atoms with Crippen LogP contribution in [0.3, 0.4) is 0 Å². The first-order chi connectivity index (χ1) is 17.0. The Hall–Kier alpha value is -1.97. The standard InChI is InChI=1S/C31H41F3O/c1-3-5-7-8-9-10-21-11-12-23-19-24(14-13-22(23)18-21)26-20-25-15-16-27(35-17-6-4-2)30(33)28(25)31(34)29(26)32/h4,6,15-16,20-24H,3,5,7-14,17-19H2,1-2H3/b6-4+. The van der Waals surface area contributed by atoms with E-state index >= 15 is 8.78 Å². The number of ether oxygens (including phenoxy) is 1. The molecule has 4 rings (SSSR count). The van der Waals surface area contributed by atoms with Gasteiger partial charge in [-0.05, 0) is 85.8 Å². The minimum absolute atomic E-state index is 0.00873. The third-order valence-corrected chi connectivity index (χ3v) is 8.56. The summed E-state index contributed by atoms with van der Waals surface area (Å²) in [4.78, 5) is 0. The molecule has 0 aromatic heterocycles. The summed E-state index contributed by atoms with van der Waals surface area (Å²) in [5.41, 5.74) is 0.425. The zero-order chi connectivity index (χ0) is 24.8. The van der Waals surface area contributed by atoms with E-state index < -0.39 is 17.5 Å². The average molecular weight is 487 g/mol. The highest BCUT2D eigenvalue weighted by Gasteiger charge is 2.37. The van der Waals surface area contributed by atoms with Crippen LogP contribution in [0.2, 0.25) is 0 Å². The summed E-state index contributed by atoms with van der Waals surface area (Å²) in [5, 5.41) is 0.0982. The number of hydrogen-bond donors (Lipinski definition) is 0. The van der Waals surface area contributed by atoms with E-state index in [0.29, 0.717) is 16.9 Å². The monoisotopic (exact) mass is 486 g/mol. The molecule has 2 saturated carbocycles. The Kier molecular flexibility index (Phi) is 9.19. The molecule has 0 bridgehead atoms. The van der Waals surface area contributed by atoms with Gasteiger partial charge in [-0.2, -0.15) is 0 Å². The van der Waals surface area contributed by atoms with Crippen molar-refractivity contribution >= 4 is 10.8 Å². The van der Waals surface area contributed by atoms with E-state index in [1.165, 1.54) is 63.9 Å². The van der Waals surface area contributed by atoms with Crippen LogP contribution < -0.4 is 4.74 Å². The number of unbranched alkanes of at least 4 members (excludes halogenated alkanes) is 4. The predicted molar refractivity (Wildman–Crippen MR) is 138 cm³/mol. The molecule has 2 aliphatic rings. The van der Waals surface area contributed by atoms with Gasteiger partial charge in [-0.15, -0.1) is 0 Å². The maximum atomic E-state index is 15.3. The second-order valence-corrected chi connectivity index (χ2v) is 10.9. The van der Waals surface area contributed by atoms with Crippen LogP contribution >= 0.6 is 0 Å². The molecule has 35 heavy (non-hydrogen) atoms. The number of benzene rings is 2. The van der Waals surface area contributed by atoms with Crippen molar-refractivity contribution in [1.29, 1.82) is 0 Å². The topological polar surface area (TPSA) is 9.23 Å². The molecule has 0 amide bonds. The third-order valence-electron chi connectivity index (χ3n) is 8.56. The van der Waals surface area contributed by atoms with E-state index in [1.54, 1.807) is 24.3 Å². The summed E-state index contributed by atoms with van der Waals surface area (Å²) in [6, 6.07) is 4.84. The normalized spacial score (nSPS) is 24.7. The van der Waals surface area contributed by atoms with Gasteiger partial charge in [0.1, 0.15) is 6.61 Å². The van der Waals surface area contributed by atoms with E-state index in [2.05, 4.69) is 6.92 Å². The molecule has 2 aromatic rings. The predicted octanol–water partition coefficient (Wildman–Crippen LogP) is 9.87. The fourth-order valence-corrected chi connectivity index (χ4v) is 6.59. The highest BCUT2D eigenvalue weighted by Crippen LogP contribution is 2.49. The first kappa shape index (κ1) is 26.1. The van der Waals surface area contributed by atoms with Crippen molar-refractivity contribution in [2.24, 2.45) is 17.8 Å². The molecule has 4 unspecified atom stereocenters. The van der Waals surface area contributed by atoms with E-state index in [0.717, 1.165) is 31.1 Å². The van der Waals surface area contributed by atoms with Gasteiger partial charge in [0, 0.05) is 0 Å². The van der Waals surface area contributed by atoms with Crippen molar-refractivity contribution in [1.82, 2.24) is 0 Å². The number of hydrogen-bond acceptors (Lipinski definition) is 1. The van der Waals surface area contributed by atoms with Crippen molar-refractivity contribution in [2.45, 2.75) is 96.8 Å². The molecule has 1 nitrogen and oxygen atoms in total. The van der Waals surface area contributed by atoms with Gasteiger partial charge in [0.15, 0.2) is 23.2 Å². The molecule has 0 aliphatic heterocycles. The molecule has 0 radical (unpaired) electrons. The quantitative estimate of drug-likeness (QED) is 0.240. The fraction of sp³-hybridized carbons (Fsp3) is 0.613. The zero-order valence-electron chi connectivity index (χ0n) is 21.4. The Morgan fingerprint density at radius 2 is 1.66 bits per heavy atom.